The van der Waals surface area contributed by atoms with Gasteiger partial charge in [0.25, 0.3) is 0 Å². The first-order valence-corrected chi connectivity index (χ1v) is 8.61. The fraction of sp³-hybridized carbons (Fsp3) is 0.300. The zero-order valence-electron chi connectivity index (χ0n) is 15.5. The van der Waals surface area contributed by atoms with Crippen molar-refractivity contribution in [2.45, 2.75) is 26.7 Å². The number of benzene rings is 2. The number of carbonyl (C=O) groups is 1. The molecule has 138 valence electrons. The highest BCUT2D eigenvalue weighted by atomic mass is 16.5. The lowest BCUT2D eigenvalue weighted by molar-refractivity contribution is -0.114. The van der Waals surface area contributed by atoms with Crippen molar-refractivity contribution in [3.05, 3.63) is 54.1 Å². The Morgan fingerprint density at radius 2 is 1.81 bits per heavy atom. The normalized spacial score (nSPS) is 11.3. The van der Waals surface area contributed by atoms with Crippen molar-refractivity contribution in [2.24, 2.45) is 10.7 Å². The number of amides is 1. The average molecular weight is 354 g/mol. The van der Waals surface area contributed by atoms with Crippen LogP contribution in [0.3, 0.4) is 0 Å². The molecule has 6 heteroatoms. The van der Waals surface area contributed by atoms with Crippen LogP contribution in [0.15, 0.2) is 53.5 Å². The molecule has 2 aromatic carbocycles. The minimum atomic E-state index is -0.118. The molecule has 26 heavy (non-hydrogen) atoms. The highest BCUT2D eigenvalue weighted by molar-refractivity contribution is 5.92. The van der Waals surface area contributed by atoms with E-state index in [0.717, 1.165) is 5.69 Å². The number of anilines is 2. The lowest BCUT2D eigenvalue weighted by Crippen LogP contribution is -2.23. The number of hydrogen-bond donors (Lipinski definition) is 3. The number of aliphatic imine (C=N–C) groups is 1. The fourth-order valence-electron chi connectivity index (χ4n) is 2.36. The van der Waals surface area contributed by atoms with Gasteiger partial charge in [-0.3, -0.25) is 4.79 Å². The highest BCUT2D eigenvalue weighted by Crippen LogP contribution is 2.18. The standard InChI is InChI=1S/C20H26N4O2/c1-14(2)16-6-4-7-17(12-16)24-20(21)22-10-11-26-19-9-5-8-18(13-19)23-15(3)25/h4-9,12-14H,10-11H2,1-3H3,(H,23,25)(H3,21,22,24). The number of nitrogens with two attached hydrogens (primary N) is 1. The van der Waals surface area contributed by atoms with Crippen molar-refractivity contribution in [3.63, 3.8) is 0 Å². The smallest absolute Gasteiger partial charge is 0.221 e. The van der Waals surface area contributed by atoms with Gasteiger partial charge in [0.1, 0.15) is 12.4 Å². The molecule has 2 aromatic rings. The van der Waals surface area contributed by atoms with E-state index in [0.29, 0.717) is 36.5 Å². The second kappa shape index (κ2) is 9.46. The molecule has 6 nitrogen and oxygen atoms in total. The van der Waals surface area contributed by atoms with Crippen LogP contribution >= 0.6 is 0 Å². The number of nitrogens with one attached hydrogen (secondary N) is 2. The predicted octanol–water partition coefficient (Wildman–Crippen LogP) is 3.57. The molecule has 0 radical (unpaired) electrons. The zero-order valence-corrected chi connectivity index (χ0v) is 15.5. The molecular formula is C20H26N4O2. The molecule has 0 aliphatic heterocycles. The van der Waals surface area contributed by atoms with Crippen LogP contribution in [0, 0.1) is 0 Å². The molecule has 0 saturated carbocycles. The van der Waals surface area contributed by atoms with E-state index in [1.54, 1.807) is 12.1 Å². The van der Waals surface area contributed by atoms with Crippen molar-refractivity contribution in [3.8, 4) is 5.75 Å². The first kappa shape index (κ1) is 19.3. The Morgan fingerprint density at radius 3 is 2.50 bits per heavy atom. The van der Waals surface area contributed by atoms with E-state index in [9.17, 15) is 4.79 Å². The van der Waals surface area contributed by atoms with E-state index in [2.05, 4.69) is 41.6 Å². The van der Waals surface area contributed by atoms with Gasteiger partial charge < -0.3 is 21.1 Å². The Labute approximate surface area is 154 Å². The minimum absolute atomic E-state index is 0.118. The Bertz CT molecular complexity index is 772. The van der Waals surface area contributed by atoms with E-state index >= 15 is 0 Å². The van der Waals surface area contributed by atoms with Crippen LogP contribution in [-0.2, 0) is 4.79 Å². The molecule has 0 fully saturated rings. The molecule has 0 heterocycles. The first-order valence-electron chi connectivity index (χ1n) is 8.61. The number of guanidine groups is 1. The summed E-state index contributed by atoms with van der Waals surface area (Å²) in [5.41, 5.74) is 8.78. The molecule has 1 amide bonds. The number of carbonyl (C=O) groups excluding carboxylic acids is 1. The maximum atomic E-state index is 11.1. The third kappa shape index (κ3) is 6.47. The monoisotopic (exact) mass is 354 g/mol. The zero-order chi connectivity index (χ0) is 18.9. The van der Waals surface area contributed by atoms with Crippen molar-refractivity contribution in [1.82, 2.24) is 0 Å². The lowest BCUT2D eigenvalue weighted by Gasteiger charge is -2.10. The molecule has 2 rings (SSSR count). The minimum Gasteiger partial charge on any atom is -0.492 e. The van der Waals surface area contributed by atoms with Crippen molar-refractivity contribution in [2.75, 3.05) is 23.8 Å². The van der Waals surface area contributed by atoms with Gasteiger partial charge in [0, 0.05) is 24.4 Å². The Kier molecular flexibility index (Phi) is 7.02. The molecule has 0 aliphatic carbocycles. The van der Waals surface area contributed by atoms with Crippen LogP contribution in [0.4, 0.5) is 11.4 Å². The largest absolute Gasteiger partial charge is 0.492 e. The van der Waals surface area contributed by atoms with Crippen LogP contribution in [-0.4, -0.2) is 25.0 Å². The van der Waals surface area contributed by atoms with E-state index in [1.807, 2.05) is 24.3 Å². The van der Waals surface area contributed by atoms with Gasteiger partial charge in [0.05, 0.1) is 6.54 Å². The van der Waals surface area contributed by atoms with Gasteiger partial charge in [-0.1, -0.05) is 32.0 Å². The lowest BCUT2D eigenvalue weighted by atomic mass is 10.0. The van der Waals surface area contributed by atoms with Crippen molar-refractivity contribution >= 4 is 23.2 Å². The van der Waals surface area contributed by atoms with Crippen LogP contribution < -0.4 is 21.1 Å². The van der Waals surface area contributed by atoms with E-state index in [-0.39, 0.29) is 5.91 Å². The van der Waals surface area contributed by atoms with E-state index < -0.39 is 0 Å². The molecule has 0 aliphatic rings. The quantitative estimate of drug-likeness (QED) is 0.403. The molecule has 0 unspecified atom stereocenters. The summed E-state index contributed by atoms with van der Waals surface area (Å²) in [6, 6.07) is 15.3. The van der Waals surface area contributed by atoms with Crippen molar-refractivity contribution < 1.29 is 9.53 Å². The highest BCUT2D eigenvalue weighted by Gasteiger charge is 2.02. The third-order valence-electron chi connectivity index (χ3n) is 3.62. The molecule has 0 saturated heterocycles. The van der Waals surface area contributed by atoms with Crippen molar-refractivity contribution in [1.29, 1.82) is 0 Å². The summed E-state index contributed by atoms with van der Waals surface area (Å²) in [7, 11) is 0. The van der Waals surface area contributed by atoms with Crippen LogP contribution in [0.5, 0.6) is 5.75 Å². The summed E-state index contributed by atoms with van der Waals surface area (Å²) in [4.78, 5) is 15.3. The van der Waals surface area contributed by atoms with Gasteiger partial charge in [0.15, 0.2) is 5.96 Å². The number of hydrogen-bond acceptors (Lipinski definition) is 3. The van der Waals surface area contributed by atoms with Crippen LogP contribution in [0.2, 0.25) is 0 Å². The Balaban J connectivity index is 1.83. The van der Waals surface area contributed by atoms with Gasteiger partial charge in [0.2, 0.25) is 5.91 Å². The predicted molar refractivity (Wildman–Crippen MR) is 107 cm³/mol. The Hall–Kier alpha value is -3.02. The molecular weight excluding hydrogens is 328 g/mol. The molecule has 4 N–H and O–H groups in total. The van der Waals surface area contributed by atoms with E-state index in [4.69, 9.17) is 10.5 Å². The number of rotatable bonds is 7. The van der Waals surface area contributed by atoms with Gasteiger partial charge >= 0.3 is 0 Å². The second-order valence-corrected chi connectivity index (χ2v) is 6.23. The summed E-state index contributed by atoms with van der Waals surface area (Å²) in [5.74, 6) is 1.35. The SMILES string of the molecule is CC(=O)Nc1cccc(OCCN=C(N)Nc2cccc(C(C)C)c2)c1. The van der Waals surface area contributed by atoms with Crippen LogP contribution in [0.1, 0.15) is 32.3 Å². The summed E-state index contributed by atoms with van der Waals surface area (Å²) in [5, 5.41) is 5.81. The molecule has 0 atom stereocenters. The molecule has 0 spiro atoms. The molecule has 0 bridgehead atoms. The van der Waals surface area contributed by atoms with Gasteiger partial charge in [-0.15, -0.1) is 0 Å². The molecule has 0 aromatic heterocycles. The first-order chi connectivity index (χ1) is 12.4. The average Bonchev–Trinajstić information content (AvgIpc) is 2.59. The van der Waals surface area contributed by atoms with E-state index in [1.165, 1.54) is 12.5 Å². The van der Waals surface area contributed by atoms with Gasteiger partial charge in [-0.2, -0.15) is 0 Å². The topological polar surface area (TPSA) is 88.7 Å². The summed E-state index contributed by atoms with van der Waals surface area (Å²) < 4.78 is 5.64. The Morgan fingerprint density at radius 1 is 1.12 bits per heavy atom. The fourth-order valence-corrected chi connectivity index (χ4v) is 2.36. The summed E-state index contributed by atoms with van der Waals surface area (Å²) in [6.45, 7) is 6.57. The van der Waals surface area contributed by atoms with Crippen LogP contribution in [0.25, 0.3) is 0 Å². The maximum Gasteiger partial charge on any atom is 0.221 e. The third-order valence-corrected chi connectivity index (χ3v) is 3.62. The summed E-state index contributed by atoms with van der Waals surface area (Å²) in [6.07, 6.45) is 0. The van der Waals surface area contributed by atoms with Gasteiger partial charge in [-0.25, -0.2) is 4.99 Å². The number of ether oxygens (including phenoxy) is 1. The number of nitrogens with zero attached hydrogens (tertiary/aromatic N) is 1. The summed E-state index contributed by atoms with van der Waals surface area (Å²) >= 11 is 0. The van der Waals surface area contributed by atoms with Gasteiger partial charge in [-0.05, 0) is 35.7 Å². The second-order valence-electron chi connectivity index (χ2n) is 6.23. The maximum absolute atomic E-state index is 11.1.